The van der Waals surface area contributed by atoms with Crippen molar-refractivity contribution in [2.45, 2.75) is 31.8 Å². The molecule has 1 saturated carbocycles. The molecule has 0 spiro atoms. The molecule has 1 unspecified atom stereocenters. The number of aliphatic carboxylic acids is 1. The second-order valence-electron chi connectivity index (χ2n) is 4.18. The van der Waals surface area contributed by atoms with E-state index in [0.29, 0.717) is 0 Å². The summed E-state index contributed by atoms with van der Waals surface area (Å²) in [5.41, 5.74) is 0. The molecule has 16 heavy (non-hydrogen) atoms. The van der Waals surface area contributed by atoms with Crippen molar-refractivity contribution in [3.63, 3.8) is 0 Å². The Labute approximate surface area is 94.4 Å². The Morgan fingerprint density at radius 3 is 2.38 bits per heavy atom. The normalized spacial score (nSPS) is 16.7. The Morgan fingerprint density at radius 1 is 1.44 bits per heavy atom. The molecule has 0 radical (unpaired) electrons. The number of nitrogens with zero attached hydrogens (tertiary/aromatic N) is 2. The van der Waals surface area contributed by atoms with Gasteiger partial charge in [0.2, 0.25) is 0 Å². The maximum Gasteiger partial charge on any atom is 0.323 e. The molecule has 1 aliphatic carbocycles. The Bertz CT molecular complexity index is 278. The van der Waals surface area contributed by atoms with Gasteiger partial charge in [-0.15, -0.1) is 0 Å². The molecule has 0 aliphatic heterocycles. The van der Waals surface area contributed by atoms with Crippen molar-refractivity contribution >= 4 is 12.0 Å². The van der Waals surface area contributed by atoms with Gasteiger partial charge in [-0.2, -0.15) is 0 Å². The van der Waals surface area contributed by atoms with Crippen LogP contribution in [0.25, 0.3) is 0 Å². The molecule has 1 aliphatic rings. The van der Waals surface area contributed by atoms with E-state index in [1.165, 1.54) is 9.80 Å². The molecule has 2 amide bonds. The third kappa shape index (κ3) is 3.10. The molecule has 6 nitrogen and oxygen atoms in total. The van der Waals surface area contributed by atoms with E-state index in [1.807, 2.05) is 0 Å². The summed E-state index contributed by atoms with van der Waals surface area (Å²) in [5, 5.41) is 17.7. The second kappa shape index (κ2) is 5.16. The van der Waals surface area contributed by atoms with Gasteiger partial charge in [-0.1, -0.05) is 0 Å². The average Bonchev–Trinajstić information content (AvgIpc) is 3.06. The molecular formula is C10H18N2O4. The number of carbonyl (C=O) groups excluding carboxylic acids is 1. The van der Waals surface area contributed by atoms with Crippen molar-refractivity contribution in [3.8, 4) is 0 Å². The van der Waals surface area contributed by atoms with Crippen molar-refractivity contribution < 1.29 is 19.8 Å². The van der Waals surface area contributed by atoms with Crippen LogP contribution in [-0.2, 0) is 4.79 Å². The first kappa shape index (κ1) is 12.8. The second-order valence-corrected chi connectivity index (χ2v) is 4.18. The molecule has 2 N–H and O–H groups in total. The van der Waals surface area contributed by atoms with E-state index in [4.69, 9.17) is 10.2 Å². The van der Waals surface area contributed by atoms with Gasteiger partial charge in [-0.25, -0.2) is 4.79 Å². The standard InChI is InChI=1S/C10H18N2O4/c1-7(6-13)11(2)10(16)12(5-9(14)15)8-3-4-8/h7-8,13H,3-6H2,1-2H3,(H,14,15). The van der Waals surface area contributed by atoms with Crippen LogP contribution in [0.2, 0.25) is 0 Å². The molecule has 6 heteroatoms. The number of urea groups is 1. The van der Waals surface area contributed by atoms with Crippen LogP contribution in [0.1, 0.15) is 19.8 Å². The number of likely N-dealkylation sites (N-methyl/N-ethyl adjacent to an activating group) is 1. The number of aliphatic hydroxyl groups excluding tert-OH is 1. The first-order valence-electron chi connectivity index (χ1n) is 5.33. The van der Waals surface area contributed by atoms with E-state index in [0.717, 1.165) is 12.8 Å². The minimum atomic E-state index is -1.01. The van der Waals surface area contributed by atoms with Crippen LogP contribution in [0.3, 0.4) is 0 Å². The third-order valence-corrected chi connectivity index (χ3v) is 2.77. The minimum Gasteiger partial charge on any atom is -0.480 e. The van der Waals surface area contributed by atoms with Crippen LogP contribution in [0.4, 0.5) is 4.79 Å². The van der Waals surface area contributed by atoms with Gasteiger partial charge >= 0.3 is 12.0 Å². The monoisotopic (exact) mass is 230 g/mol. The third-order valence-electron chi connectivity index (χ3n) is 2.77. The zero-order valence-corrected chi connectivity index (χ0v) is 9.59. The lowest BCUT2D eigenvalue weighted by Gasteiger charge is -2.30. The summed E-state index contributed by atoms with van der Waals surface area (Å²) < 4.78 is 0. The number of carbonyl (C=O) groups is 2. The van der Waals surface area contributed by atoms with Crippen LogP contribution in [0.5, 0.6) is 0 Å². The number of carboxylic acid groups (broad SMARTS) is 1. The highest BCUT2D eigenvalue weighted by molar-refractivity contribution is 5.80. The van der Waals surface area contributed by atoms with Gasteiger partial charge in [0.05, 0.1) is 12.6 Å². The molecule has 0 bridgehead atoms. The first-order chi connectivity index (χ1) is 7.47. The quantitative estimate of drug-likeness (QED) is 0.695. The molecule has 0 saturated heterocycles. The summed E-state index contributed by atoms with van der Waals surface area (Å²) in [4.78, 5) is 25.3. The predicted molar refractivity (Wildman–Crippen MR) is 57.1 cm³/mol. The van der Waals surface area contributed by atoms with Crippen molar-refractivity contribution in [1.29, 1.82) is 0 Å². The lowest BCUT2D eigenvalue weighted by molar-refractivity contribution is -0.137. The van der Waals surface area contributed by atoms with Gasteiger partial charge in [-0.3, -0.25) is 4.79 Å². The molecule has 1 rings (SSSR count). The summed E-state index contributed by atoms with van der Waals surface area (Å²) in [5.74, 6) is -1.01. The van der Waals surface area contributed by atoms with E-state index in [9.17, 15) is 9.59 Å². The fraction of sp³-hybridized carbons (Fsp3) is 0.800. The van der Waals surface area contributed by atoms with Gasteiger partial charge in [0.1, 0.15) is 6.54 Å². The Balaban J connectivity index is 2.63. The first-order valence-corrected chi connectivity index (χ1v) is 5.33. The molecule has 1 atom stereocenters. The maximum absolute atomic E-state index is 11.9. The Kier molecular flexibility index (Phi) is 4.12. The molecule has 0 aromatic carbocycles. The number of carboxylic acids is 1. The molecule has 0 aromatic heterocycles. The van der Waals surface area contributed by atoms with Gasteiger partial charge in [0.15, 0.2) is 0 Å². The fourth-order valence-electron chi connectivity index (χ4n) is 1.40. The van der Waals surface area contributed by atoms with Crippen molar-refractivity contribution in [1.82, 2.24) is 9.80 Å². The number of hydrogen-bond acceptors (Lipinski definition) is 3. The average molecular weight is 230 g/mol. The molecule has 1 fully saturated rings. The van der Waals surface area contributed by atoms with E-state index >= 15 is 0 Å². The summed E-state index contributed by atoms with van der Waals surface area (Å²) in [6.45, 7) is 1.31. The number of hydrogen-bond donors (Lipinski definition) is 2. The van der Waals surface area contributed by atoms with Gasteiger partial charge in [0, 0.05) is 13.1 Å². The molecule has 0 aromatic rings. The summed E-state index contributed by atoms with van der Waals surface area (Å²) in [6, 6.07) is -0.578. The Morgan fingerprint density at radius 2 is 2.00 bits per heavy atom. The SMILES string of the molecule is CC(CO)N(C)C(=O)N(CC(=O)O)C1CC1. The number of rotatable bonds is 5. The van der Waals surface area contributed by atoms with Crippen molar-refractivity contribution in [2.24, 2.45) is 0 Å². The van der Waals surface area contributed by atoms with Gasteiger partial charge < -0.3 is 20.0 Å². The van der Waals surface area contributed by atoms with Gasteiger partial charge in [0.25, 0.3) is 0 Å². The molecule has 0 heterocycles. The fourth-order valence-corrected chi connectivity index (χ4v) is 1.40. The van der Waals surface area contributed by atoms with Crippen molar-refractivity contribution in [2.75, 3.05) is 20.2 Å². The van der Waals surface area contributed by atoms with Crippen LogP contribution in [-0.4, -0.2) is 64.3 Å². The maximum atomic E-state index is 11.9. The zero-order chi connectivity index (χ0) is 12.3. The van der Waals surface area contributed by atoms with Crippen molar-refractivity contribution in [3.05, 3.63) is 0 Å². The highest BCUT2D eigenvalue weighted by Gasteiger charge is 2.36. The topological polar surface area (TPSA) is 81.1 Å². The highest BCUT2D eigenvalue weighted by Crippen LogP contribution is 2.27. The highest BCUT2D eigenvalue weighted by atomic mass is 16.4. The van der Waals surface area contributed by atoms with Crippen LogP contribution in [0.15, 0.2) is 0 Å². The largest absolute Gasteiger partial charge is 0.480 e. The summed E-state index contributed by atoms with van der Waals surface area (Å²) >= 11 is 0. The zero-order valence-electron chi connectivity index (χ0n) is 9.59. The lowest BCUT2D eigenvalue weighted by Crippen LogP contribution is -2.48. The molecular weight excluding hydrogens is 212 g/mol. The molecule has 92 valence electrons. The van der Waals surface area contributed by atoms with E-state index in [1.54, 1.807) is 14.0 Å². The number of amides is 2. The predicted octanol–water partition coefficient (Wildman–Crippen LogP) is -0.0320. The lowest BCUT2D eigenvalue weighted by atomic mass is 10.3. The minimum absolute atomic E-state index is 0.0527. The van der Waals surface area contributed by atoms with Crippen LogP contribution >= 0.6 is 0 Å². The van der Waals surface area contributed by atoms with Crippen LogP contribution < -0.4 is 0 Å². The van der Waals surface area contributed by atoms with E-state index in [-0.39, 0.29) is 31.3 Å². The summed E-state index contributed by atoms with van der Waals surface area (Å²) in [7, 11) is 1.57. The van der Waals surface area contributed by atoms with Gasteiger partial charge in [-0.05, 0) is 19.8 Å². The van der Waals surface area contributed by atoms with E-state index < -0.39 is 5.97 Å². The number of aliphatic hydroxyl groups is 1. The smallest absolute Gasteiger partial charge is 0.323 e. The Hall–Kier alpha value is -1.30. The van der Waals surface area contributed by atoms with E-state index in [2.05, 4.69) is 0 Å². The van der Waals surface area contributed by atoms with Crippen LogP contribution in [0, 0.1) is 0 Å². The summed E-state index contributed by atoms with van der Waals surface area (Å²) in [6.07, 6.45) is 1.72.